The number of rotatable bonds is 7. The summed E-state index contributed by atoms with van der Waals surface area (Å²) in [6.07, 6.45) is 3.70. The maximum atomic E-state index is 11.8. The van der Waals surface area contributed by atoms with Gasteiger partial charge in [-0.1, -0.05) is 13.3 Å². The van der Waals surface area contributed by atoms with Gasteiger partial charge in [0.1, 0.15) is 5.75 Å². The lowest BCUT2D eigenvalue weighted by Gasteiger charge is -2.07. The van der Waals surface area contributed by atoms with Crippen LogP contribution >= 0.6 is 0 Å². The van der Waals surface area contributed by atoms with Gasteiger partial charge in [-0.2, -0.15) is 0 Å². The zero-order chi connectivity index (χ0) is 13.7. The molecule has 1 fully saturated rings. The summed E-state index contributed by atoms with van der Waals surface area (Å²) in [4.78, 5) is 11.8. The van der Waals surface area contributed by atoms with Gasteiger partial charge in [0.05, 0.1) is 13.7 Å². The molecule has 2 N–H and O–H groups in total. The molecule has 19 heavy (non-hydrogen) atoms. The molecule has 2 rings (SSSR count). The first kappa shape index (κ1) is 13.9. The van der Waals surface area contributed by atoms with Crippen LogP contribution < -0.4 is 15.4 Å². The summed E-state index contributed by atoms with van der Waals surface area (Å²) >= 11 is 0. The number of amides is 1. The fourth-order valence-corrected chi connectivity index (χ4v) is 2.29. The molecule has 0 saturated heterocycles. The molecular weight excluding hydrogens is 240 g/mol. The van der Waals surface area contributed by atoms with Crippen LogP contribution in [0.15, 0.2) is 24.3 Å². The second-order valence-corrected chi connectivity index (χ2v) is 5.05. The van der Waals surface area contributed by atoms with Crippen LogP contribution in [-0.4, -0.2) is 25.6 Å². The highest BCUT2D eigenvalue weighted by Crippen LogP contribution is 2.34. The van der Waals surface area contributed by atoms with Gasteiger partial charge in [-0.15, -0.1) is 0 Å². The van der Waals surface area contributed by atoms with E-state index in [2.05, 4.69) is 17.6 Å². The topological polar surface area (TPSA) is 50.4 Å². The van der Waals surface area contributed by atoms with Crippen molar-refractivity contribution in [1.82, 2.24) is 5.32 Å². The Hall–Kier alpha value is -1.55. The van der Waals surface area contributed by atoms with Crippen molar-refractivity contribution in [3.8, 4) is 5.75 Å². The standard InChI is InChI=1S/C15H22N2O2/c1-3-4-11-9-14(11)16-10-15(18)17-12-5-7-13(19-2)8-6-12/h5-8,11,14,16H,3-4,9-10H2,1-2H3,(H,17,18). The molecule has 1 amide bonds. The van der Waals surface area contributed by atoms with E-state index in [9.17, 15) is 4.79 Å². The molecule has 2 unspecified atom stereocenters. The maximum absolute atomic E-state index is 11.8. The average molecular weight is 262 g/mol. The van der Waals surface area contributed by atoms with Crippen molar-refractivity contribution in [3.05, 3.63) is 24.3 Å². The van der Waals surface area contributed by atoms with Crippen LogP contribution in [-0.2, 0) is 4.79 Å². The van der Waals surface area contributed by atoms with Crippen LogP contribution in [0.2, 0.25) is 0 Å². The Morgan fingerprint density at radius 3 is 2.74 bits per heavy atom. The van der Waals surface area contributed by atoms with Gasteiger partial charge in [0.25, 0.3) is 0 Å². The second kappa shape index (κ2) is 6.57. The van der Waals surface area contributed by atoms with Gasteiger partial charge in [0, 0.05) is 11.7 Å². The van der Waals surface area contributed by atoms with Crippen molar-refractivity contribution in [2.75, 3.05) is 19.0 Å². The summed E-state index contributed by atoms with van der Waals surface area (Å²) in [5.41, 5.74) is 0.800. The van der Waals surface area contributed by atoms with Crippen molar-refractivity contribution < 1.29 is 9.53 Å². The van der Waals surface area contributed by atoms with E-state index < -0.39 is 0 Å². The van der Waals surface area contributed by atoms with E-state index in [1.54, 1.807) is 7.11 Å². The van der Waals surface area contributed by atoms with Crippen LogP contribution in [0.25, 0.3) is 0 Å². The van der Waals surface area contributed by atoms with Crippen LogP contribution in [0.3, 0.4) is 0 Å². The number of nitrogens with one attached hydrogen (secondary N) is 2. The van der Waals surface area contributed by atoms with Crippen molar-refractivity contribution in [1.29, 1.82) is 0 Å². The molecule has 4 nitrogen and oxygen atoms in total. The average Bonchev–Trinajstić information content (AvgIpc) is 3.16. The molecule has 1 aromatic rings. The highest BCUT2D eigenvalue weighted by atomic mass is 16.5. The van der Waals surface area contributed by atoms with Gasteiger partial charge in [-0.3, -0.25) is 4.79 Å². The van der Waals surface area contributed by atoms with Gasteiger partial charge in [0.15, 0.2) is 0 Å². The Morgan fingerprint density at radius 1 is 1.37 bits per heavy atom. The molecule has 4 heteroatoms. The summed E-state index contributed by atoms with van der Waals surface area (Å²) in [6.45, 7) is 2.59. The van der Waals surface area contributed by atoms with Gasteiger partial charge >= 0.3 is 0 Å². The lowest BCUT2D eigenvalue weighted by Crippen LogP contribution is -2.30. The van der Waals surface area contributed by atoms with Crippen molar-refractivity contribution in [3.63, 3.8) is 0 Å². The number of hydrogen-bond donors (Lipinski definition) is 2. The summed E-state index contributed by atoms with van der Waals surface area (Å²) in [7, 11) is 1.62. The van der Waals surface area contributed by atoms with Crippen LogP contribution in [0.4, 0.5) is 5.69 Å². The number of hydrogen-bond acceptors (Lipinski definition) is 3. The predicted octanol–water partition coefficient (Wildman–Crippen LogP) is 2.41. The van der Waals surface area contributed by atoms with E-state index >= 15 is 0 Å². The number of carbonyl (C=O) groups excluding carboxylic acids is 1. The minimum Gasteiger partial charge on any atom is -0.497 e. The van der Waals surface area contributed by atoms with E-state index in [-0.39, 0.29) is 5.91 Å². The van der Waals surface area contributed by atoms with Gasteiger partial charge in [0.2, 0.25) is 5.91 Å². The van der Waals surface area contributed by atoms with Crippen LogP contribution in [0.5, 0.6) is 5.75 Å². The molecule has 1 aromatic carbocycles. The van der Waals surface area contributed by atoms with Gasteiger partial charge in [-0.05, 0) is 43.0 Å². The Morgan fingerprint density at radius 2 is 2.11 bits per heavy atom. The smallest absolute Gasteiger partial charge is 0.238 e. The lowest BCUT2D eigenvalue weighted by atomic mass is 10.2. The van der Waals surface area contributed by atoms with Gasteiger partial charge < -0.3 is 15.4 Å². The Bertz CT molecular complexity index is 417. The highest BCUT2D eigenvalue weighted by Gasteiger charge is 2.35. The van der Waals surface area contributed by atoms with E-state index in [0.717, 1.165) is 17.4 Å². The largest absolute Gasteiger partial charge is 0.497 e. The first-order valence-electron chi connectivity index (χ1n) is 6.90. The summed E-state index contributed by atoms with van der Waals surface area (Å²) in [5.74, 6) is 1.57. The summed E-state index contributed by atoms with van der Waals surface area (Å²) in [5, 5.41) is 6.16. The Kier molecular flexibility index (Phi) is 4.80. The lowest BCUT2D eigenvalue weighted by molar-refractivity contribution is -0.115. The Balaban J connectivity index is 1.69. The van der Waals surface area contributed by atoms with Crippen molar-refractivity contribution in [2.24, 2.45) is 5.92 Å². The number of anilines is 1. The highest BCUT2D eigenvalue weighted by molar-refractivity contribution is 5.92. The molecular formula is C15H22N2O2. The maximum Gasteiger partial charge on any atom is 0.238 e. The Labute approximate surface area is 114 Å². The third-order valence-corrected chi connectivity index (χ3v) is 3.48. The molecule has 0 bridgehead atoms. The van der Waals surface area contributed by atoms with E-state index in [4.69, 9.17) is 4.74 Å². The summed E-state index contributed by atoms with van der Waals surface area (Å²) in [6, 6.07) is 7.89. The number of ether oxygens (including phenoxy) is 1. The fraction of sp³-hybridized carbons (Fsp3) is 0.533. The monoisotopic (exact) mass is 262 g/mol. The van der Waals surface area contributed by atoms with Crippen LogP contribution in [0, 0.1) is 5.92 Å². The van der Waals surface area contributed by atoms with Crippen molar-refractivity contribution >= 4 is 11.6 Å². The molecule has 0 spiro atoms. The summed E-state index contributed by atoms with van der Waals surface area (Å²) < 4.78 is 5.07. The second-order valence-electron chi connectivity index (χ2n) is 5.05. The SMILES string of the molecule is CCCC1CC1NCC(=O)Nc1ccc(OC)cc1. The van der Waals surface area contributed by atoms with Crippen molar-refractivity contribution in [2.45, 2.75) is 32.2 Å². The molecule has 1 saturated carbocycles. The van der Waals surface area contributed by atoms with E-state index in [0.29, 0.717) is 12.6 Å². The third kappa shape index (κ3) is 4.24. The molecule has 104 valence electrons. The van der Waals surface area contributed by atoms with E-state index in [1.807, 2.05) is 24.3 Å². The zero-order valence-electron chi connectivity index (χ0n) is 11.6. The molecule has 1 aliphatic carbocycles. The molecule has 1 aliphatic rings. The number of carbonyl (C=O) groups is 1. The fourth-order valence-electron chi connectivity index (χ4n) is 2.29. The third-order valence-electron chi connectivity index (χ3n) is 3.48. The van der Waals surface area contributed by atoms with Crippen LogP contribution in [0.1, 0.15) is 26.2 Å². The predicted molar refractivity (Wildman–Crippen MR) is 76.4 cm³/mol. The minimum atomic E-state index is 0.00677. The molecule has 0 aliphatic heterocycles. The quantitative estimate of drug-likeness (QED) is 0.793. The zero-order valence-corrected chi connectivity index (χ0v) is 11.6. The number of benzene rings is 1. The number of methoxy groups -OCH3 is 1. The molecule has 2 atom stereocenters. The minimum absolute atomic E-state index is 0.00677. The first-order chi connectivity index (χ1) is 9.22. The first-order valence-corrected chi connectivity index (χ1v) is 6.90. The normalized spacial score (nSPS) is 20.9. The van der Waals surface area contributed by atoms with Gasteiger partial charge in [-0.25, -0.2) is 0 Å². The van der Waals surface area contributed by atoms with E-state index in [1.165, 1.54) is 19.3 Å². The molecule has 0 aromatic heterocycles. The molecule has 0 radical (unpaired) electrons. The molecule has 0 heterocycles.